The van der Waals surface area contributed by atoms with Crippen molar-refractivity contribution in [1.82, 2.24) is 9.80 Å². The predicted molar refractivity (Wildman–Crippen MR) is 104 cm³/mol. The van der Waals surface area contributed by atoms with E-state index in [2.05, 4.69) is 0 Å². The fourth-order valence-corrected chi connectivity index (χ4v) is 3.17. The van der Waals surface area contributed by atoms with E-state index in [9.17, 15) is 19.8 Å². The highest BCUT2D eigenvalue weighted by Crippen LogP contribution is 2.22. The Bertz CT molecular complexity index is 868. The van der Waals surface area contributed by atoms with E-state index in [-0.39, 0.29) is 35.5 Å². The molecule has 1 aliphatic rings. The lowest BCUT2D eigenvalue weighted by Crippen LogP contribution is -2.51. The maximum Gasteiger partial charge on any atom is 0.260 e. The van der Waals surface area contributed by atoms with Crippen molar-refractivity contribution in [2.45, 2.75) is 13.8 Å². The van der Waals surface area contributed by atoms with Gasteiger partial charge in [0, 0.05) is 37.8 Å². The third kappa shape index (κ3) is 4.36. The average molecular weight is 384 g/mol. The molecule has 2 aromatic carbocycles. The number of phenolic OH excluding ortho intramolecular Hbond substituents is 2. The van der Waals surface area contributed by atoms with Crippen molar-refractivity contribution < 1.29 is 24.5 Å². The minimum absolute atomic E-state index is 0.0430. The Morgan fingerprint density at radius 2 is 1.57 bits per heavy atom. The molecule has 2 amide bonds. The molecule has 7 nitrogen and oxygen atoms in total. The molecule has 2 N–H and O–H groups in total. The molecule has 148 valence electrons. The number of phenols is 2. The molecule has 0 radical (unpaired) electrons. The highest BCUT2D eigenvalue weighted by atomic mass is 16.5. The standard InChI is InChI=1S/C21H24N2O5/c1-14-4-3-5-19(15(14)2)28-13-20(26)22-6-8-23(9-7-22)21(27)16-10-17(24)12-18(25)11-16/h3-5,10-12,24-25H,6-9,13H2,1-2H3. The number of benzene rings is 2. The zero-order valence-corrected chi connectivity index (χ0v) is 16.0. The molecule has 1 aliphatic heterocycles. The van der Waals surface area contributed by atoms with Crippen molar-refractivity contribution in [3.8, 4) is 17.2 Å². The number of carbonyl (C=O) groups excluding carboxylic acids is 2. The topological polar surface area (TPSA) is 90.3 Å². The first-order valence-corrected chi connectivity index (χ1v) is 9.14. The summed E-state index contributed by atoms with van der Waals surface area (Å²) in [6, 6.07) is 9.54. The second-order valence-electron chi connectivity index (χ2n) is 6.90. The van der Waals surface area contributed by atoms with Crippen LogP contribution in [0.1, 0.15) is 21.5 Å². The summed E-state index contributed by atoms with van der Waals surface area (Å²) in [5, 5.41) is 19.1. The van der Waals surface area contributed by atoms with E-state index in [0.717, 1.165) is 11.1 Å². The second kappa shape index (κ2) is 8.21. The predicted octanol–water partition coefficient (Wildman–Crippen LogP) is 2.08. The molecule has 0 spiro atoms. The zero-order chi connectivity index (χ0) is 20.3. The number of aromatic hydroxyl groups is 2. The van der Waals surface area contributed by atoms with E-state index in [1.807, 2.05) is 32.0 Å². The van der Waals surface area contributed by atoms with Gasteiger partial charge in [0.05, 0.1) is 0 Å². The van der Waals surface area contributed by atoms with Crippen LogP contribution in [0.5, 0.6) is 17.2 Å². The van der Waals surface area contributed by atoms with E-state index in [1.165, 1.54) is 18.2 Å². The third-order valence-electron chi connectivity index (χ3n) is 4.98. The summed E-state index contributed by atoms with van der Waals surface area (Å²) >= 11 is 0. The Kier molecular flexibility index (Phi) is 5.73. The lowest BCUT2D eigenvalue weighted by Gasteiger charge is -2.34. The molecule has 0 saturated carbocycles. The first kappa shape index (κ1) is 19.5. The summed E-state index contributed by atoms with van der Waals surface area (Å²) < 4.78 is 5.68. The number of aryl methyl sites for hydroxylation is 1. The van der Waals surface area contributed by atoms with Gasteiger partial charge in [0.2, 0.25) is 0 Å². The number of amides is 2. The van der Waals surface area contributed by atoms with Crippen LogP contribution >= 0.6 is 0 Å². The van der Waals surface area contributed by atoms with E-state index < -0.39 is 0 Å². The lowest BCUT2D eigenvalue weighted by molar-refractivity contribution is -0.134. The van der Waals surface area contributed by atoms with Crippen LogP contribution < -0.4 is 4.74 Å². The number of ether oxygens (including phenoxy) is 1. The largest absolute Gasteiger partial charge is 0.508 e. The van der Waals surface area contributed by atoms with Gasteiger partial charge in [0.1, 0.15) is 17.2 Å². The Balaban J connectivity index is 1.53. The number of rotatable bonds is 4. The van der Waals surface area contributed by atoms with Crippen molar-refractivity contribution in [2.75, 3.05) is 32.8 Å². The molecule has 7 heteroatoms. The molecule has 1 saturated heterocycles. The Morgan fingerprint density at radius 3 is 2.21 bits per heavy atom. The normalized spacial score (nSPS) is 14.1. The summed E-state index contributed by atoms with van der Waals surface area (Å²) in [7, 11) is 0. The van der Waals surface area contributed by atoms with Gasteiger partial charge in [-0.25, -0.2) is 0 Å². The molecule has 2 aromatic rings. The van der Waals surface area contributed by atoms with Crippen LogP contribution in [-0.4, -0.2) is 64.6 Å². The van der Waals surface area contributed by atoms with Crippen molar-refractivity contribution in [3.63, 3.8) is 0 Å². The van der Waals surface area contributed by atoms with Crippen LogP contribution in [0.15, 0.2) is 36.4 Å². The lowest BCUT2D eigenvalue weighted by atomic mass is 10.1. The first-order valence-electron chi connectivity index (χ1n) is 9.14. The molecule has 0 aliphatic carbocycles. The minimum atomic E-state index is -0.287. The van der Waals surface area contributed by atoms with Crippen LogP contribution in [0.25, 0.3) is 0 Å². The molecule has 0 bridgehead atoms. The monoisotopic (exact) mass is 384 g/mol. The number of piperazine rings is 1. The number of carbonyl (C=O) groups is 2. The van der Waals surface area contributed by atoms with Gasteiger partial charge in [0.15, 0.2) is 6.61 Å². The van der Waals surface area contributed by atoms with E-state index in [0.29, 0.717) is 31.9 Å². The summed E-state index contributed by atoms with van der Waals surface area (Å²) in [4.78, 5) is 28.2. The van der Waals surface area contributed by atoms with E-state index >= 15 is 0 Å². The Morgan fingerprint density at radius 1 is 0.964 bits per heavy atom. The van der Waals surface area contributed by atoms with Gasteiger partial charge < -0.3 is 24.7 Å². The summed E-state index contributed by atoms with van der Waals surface area (Å²) in [6.45, 7) is 5.48. The molecule has 0 atom stereocenters. The van der Waals surface area contributed by atoms with E-state index in [4.69, 9.17) is 4.74 Å². The quantitative estimate of drug-likeness (QED) is 0.842. The summed E-state index contributed by atoms with van der Waals surface area (Å²) in [5.41, 5.74) is 2.34. The number of nitrogens with zero attached hydrogens (tertiary/aromatic N) is 2. The van der Waals surface area contributed by atoms with Crippen LogP contribution in [0, 0.1) is 13.8 Å². The van der Waals surface area contributed by atoms with Crippen molar-refractivity contribution in [1.29, 1.82) is 0 Å². The van der Waals surface area contributed by atoms with Crippen molar-refractivity contribution >= 4 is 11.8 Å². The molecule has 3 rings (SSSR count). The zero-order valence-electron chi connectivity index (χ0n) is 16.0. The molecule has 0 aromatic heterocycles. The fraction of sp³-hybridized carbons (Fsp3) is 0.333. The van der Waals surface area contributed by atoms with Gasteiger partial charge in [-0.15, -0.1) is 0 Å². The van der Waals surface area contributed by atoms with Gasteiger partial charge in [-0.1, -0.05) is 12.1 Å². The SMILES string of the molecule is Cc1cccc(OCC(=O)N2CCN(C(=O)c3cc(O)cc(O)c3)CC2)c1C. The molecule has 0 unspecified atom stereocenters. The number of hydrogen-bond donors (Lipinski definition) is 2. The van der Waals surface area contributed by atoms with Crippen LogP contribution in [0.4, 0.5) is 0 Å². The van der Waals surface area contributed by atoms with Crippen LogP contribution in [0.2, 0.25) is 0 Å². The smallest absolute Gasteiger partial charge is 0.260 e. The van der Waals surface area contributed by atoms with Gasteiger partial charge in [0.25, 0.3) is 11.8 Å². The average Bonchev–Trinajstić information content (AvgIpc) is 2.67. The molecular weight excluding hydrogens is 360 g/mol. The maximum atomic E-state index is 12.5. The van der Waals surface area contributed by atoms with Crippen LogP contribution in [-0.2, 0) is 4.79 Å². The molecule has 1 heterocycles. The summed E-state index contributed by atoms with van der Waals surface area (Å²) in [5.74, 6) is -0.0414. The summed E-state index contributed by atoms with van der Waals surface area (Å²) in [6.07, 6.45) is 0. The third-order valence-corrected chi connectivity index (χ3v) is 4.98. The van der Waals surface area contributed by atoms with Gasteiger partial charge in [-0.05, 0) is 43.2 Å². The maximum absolute atomic E-state index is 12.5. The van der Waals surface area contributed by atoms with Crippen LogP contribution in [0.3, 0.4) is 0 Å². The van der Waals surface area contributed by atoms with E-state index in [1.54, 1.807) is 9.80 Å². The molecular formula is C21H24N2O5. The van der Waals surface area contributed by atoms with Crippen molar-refractivity contribution in [3.05, 3.63) is 53.1 Å². The first-order chi connectivity index (χ1) is 13.3. The van der Waals surface area contributed by atoms with Crippen molar-refractivity contribution in [2.24, 2.45) is 0 Å². The minimum Gasteiger partial charge on any atom is -0.508 e. The highest BCUT2D eigenvalue weighted by Gasteiger charge is 2.25. The molecule has 28 heavy (non-hydrogen) atoms. The number of hydrogen-bond acceptors (Lipinski definition) is 5. The van der Waals surface area contributed by atoms with Gasteiger partial charge >= 0.3 is 0 Å². The second-order valence-corrected chi connectivity index (χ2v) is 6.90. The van der Waals surface area contributed by atoms with Gasteiger partial charge in [-0.3, -0.25) is 9.59 Å². The van der Waals surface area contributed by atoms with Gasteiger partial charge in [-0.2, -0.15) is 0 Å². The Labute approximate surface area is 163 Å². The Hall–Kier alpha value is -3.22. The molecule has 1 fully saturated rings. The highest BCUT2D eigenvalue weighted by molar-refractivity contribution is 5.95. The fourth-order valence-electron chi connectivity index (χ4n) is 3.17.